The maximum absolute atomic E-state index is 12.8. The minimum atomic E-state index is -2.94. The number of aryl methyl sites for hydroxylation is 1. The molecule has 0 unspecified atom stereocenters. The van der Waals surface area contributed by atoms with Crippen molar-refractivity contribution in [1.82, 2.24) is 25.4 Å². The zero-order valence-electron chi connectivity index (χ0n) is 17.4. The van der Waals surface area contributed by atoms with Gasteiger partial charge in [-0.3, -0.25) is 4.99 Å². The van der Waals surface area contributed by atoms with E-state index in [4.69, 9.17) is 9.47 Å². The minimum absolute atomic E-state index is 0.0355. The molecule has 0 atom stereocenters. The van der Waals surface area contributed by atoms with E-state index in [9.17, 15) is 8.78 Å². The van der Waals surface area contributed by atoms with Crippen LogP contribution in [0.1, 0.15) is 36.5 Å². The quantitative estimate of drug-likeness (QED) is 0.508. The topological polar surface area (TPSA) is 94.8 Å². The van der Waals surface area contributed by atoms with E-state index < -0.39 is 6.61 Å². The Bertz CT molecular complexity index is 934. The van der Waals surface area contributed by atoms with E-state index in [1.165, 1.54) is 12.5 Å². The van der Waals surface area contributed by atoms with Crippen molar-refractivity contribution in [3.8, 4) is 17.2 Å². The van der Waals surface area contributed by atoms with Crippen LogP contribution < -0.4 is 24.8 Å². The van der Waals surface area contributed by atoms with Gasteiger partial charge in [0, 0.05) is 51.2 Å². The highest BCUT2D eigenvalue weighted by molar-refractivity contribution is 5.79. The van der Waals surface area contributed by atoms with Crippen molar-refractivity contribution in [1.29, 1.82) is 0 Å². The third kappa shape index (κ3) is 5.15. The lowest BCUT2D eigenvalue weighted by atomic mass is 10.1. The largest absolute Gasteiger partial charge is 0.454 e. The van der Waals surface area contributed by atoms with Gasteiger partial charge in [-0.05, 0) is 18.9 Å². The molecule has 0 amide bonds. The van der Waals surface area contributed by atoms with Gasteiger partial charge in [-0.2, -0.15) is 8.78 Å². The average Bonchev–Trinajstić information content (AvgIpc) is 3.29. The van der Waals surface area contributed by atoms with Crippen LogP contribution in [0.15, 0.2) is 17.1 Å². The van der Waals surface area contributed by atoms with E-state index in [1.807, 2.05) is 0 Å². The van der Waals surface area contributed by atoms with Crippen LogP contribution in [0.2, 0.25) is 0 Å². The Kier molecular flexibility index (Phi) is 6.68. The van der Waals surface area contributed by atoms with Gasteiger partial charge in [-0.15, -0.1) is 10.2 Å². The number of rotatable bonds is 7. The number of hydrogen-bond donors (Lipinski definition) is 2. The fourth-order valence-electron chi connectivity index (χ4n) is 3.73. The molecule has 3 heterocycles. The molecule has 11 heteroatoms. The molecule has 2 aromatic rings. The molecule has 2 aliphatic heterocycles. The van der Waals surface area contributed by atoms with Crippen LogP contribution in [0.5, 0.6) is 17.2 Å². The second-order valence-electron chi connectivity index (χ2n) is 7.29. The summed E-state index contributed by atoms with van der Waals surface area (Å²) in [5.41, 5.74) is 0.510. The first-order chi connectivity index (χ1) is 15.1. The maximum atomic E-state index is 12.8. The molecule has 0 bridgehead atoms. The minimum Gasteiger partial charge on any atom is -0.454 e. The van der Waals surface area contributed by atoms with E-state index in [2.05, 4.69) is 35.1 Å². The van der Waals surface area contributed by atoms with Crippen LogP contribution in [0.25, 0.3) is 0 Å². The van der Waals surface area contributed by atoms with Crippen LogP contribution >= 0.6 is 0 Å². The number of ether oxygens (including phenoxy) is 3. The summed E-state index contributed by atoms with van der Waals surface area (Å²) in [6.45, 7) is -1.09. The lowest BCUT2D eigenvalue weighted by Crippen LogP contribution is -2.38. The number of nitrogens with one attached hydrogen (secondary N) is 2. The average molecular weight is 436 g/mol. The molecule has 0 spiro atoms. The number of hydrogen-bond acceptors (Lipinski definition) is 6. The molecule has 0 saturated carbocycles. The highest BCUT2D eigenvalue weighted by Gasteiger charge is 2.20. The van der Waals surface area contributed by atoms with E-state index in [1.54, 1.807) is 13.1 Å². The second-order valence-corrected chi connectivity index (χ2v) is 7.29. The van der Waals surface area contributed by atoms with Gasteiger partial charge in [0.2, 0.25) is 6.79 Å². The molecule has 0 saturated heterocycles. The first kappa shape index (κ1) is 21.1. The van der Waals surface area contributed by atoms with Crippen LogP contribution in [0, 0.1) is 0 Å². The summed E-state index contributed by atoms with van der Waals surface area (Å²) in [5.74, 6) is 3.47. The van der Waals surface area contributed by atoms with Crippen molar-refractivity contribution in [3.05, 3.63) is 29.3 Å². The molecule has 2 N–H and O–H groups in total. The van der Waals surface area contributed by atoms with Gasteiger partial charge < -0.3 is 29.4 Å². The molecule has 2 aliphatic rings. The van der Waals surface area contributed by atoms with E-state index >= 15 is 0 Å². The number of nitrogens with zero attached hydrogens (tertiary/aromatic N) is 4. The van der Waals surface area contributed by atoms with Crippen molar-refractivity contribution in [2.75, 3.05) is 20.4 Å². The zero-order valence-corrected chi connectivity index (χ0v) is 17.4. The smallest absolute Gasteiger partial charge is 0.387 e. The highest BCUT2D eigenvalue weighted by Crippen LogP contribution is 2.38. The number of aliphatic imine (C=N–C) groups is 1. The van der Waals surface area contributed by atoms with E-state index in [0.29, 0.717) is 36.0 Å². The van der Waals surface area contributed by atoms with Crippen molar-refractivity contribution in [2.45, 2.75) is 51.8 Å². The standard InChI is InChI=1S/C20H26F2N6O3/c1-23-20(24-7-6-18-27-26-17-5-3-2-4-8-28(17)18)25-11-13-9-15-16(30-12-29-15)10-14(13)31-19(21)22/h9-10,19H,2-8,11-12H2,1H3,(H2,23,24,25). The lowest BCUT2D eigenvalue weighted by Gasteiger charge is -2.15. The molecule has 4 rings (SSSR count). The predicted molar refractivity (Wildman–Crippen MR) is 109 cm³/mol. The van der Waals surface area contributed by atoms with Crippen molar-refractivity contribution in [2.24, 2.45) is 4.99 Å². The number of halogens is 2. The summed E-state index contributed by atoms with van der Waals surface area (Å²) in [7, 11) is 1.65. The molecule has 31 heavy (non-hydrogen) atoms. The lowest BCUT2D eigenvalue weighted by molar-refractivity contribution is -0.0505. The number of fused-ring (bicyclic) bond motifs is 2. The number of benzene rings is 1. The summed E-state index contributed by atoms with van der Waals surface area (Å²) in [6.07, 6.45) is 5.20. The Morgan fingerprint density at radius 2 is 2.03 bits per heavy atom. The van der Waals surface area contributed by atoms with Crippen molar-refractivity contribution in [3.63, 3.8) is 0 Å². The second kappa shape index (κ2) is 9.80. The molecular weight excluding hydrogens is 410 g/mol. The molecule has 0 fully saturated rings. The van der Waals surface area contributed by atoms with Gasteiger partial charge in [-0.1, -0.05) is 6.42 Å². The first-order valence-corrected chi connectivity index (χ1v) is 10.4. The fraction of sp³-hybridized carbons (Fsp3) is 0.550. The Hall–Kier alpha value is -3.11. The van der Waals surface area contributed by atoms with Crippen LogP contribution in [0.4, 0.5) is 8.78 Å². The number of aromatic nitrogens is 3. The maximum Gasteiger partial charge on any atom is 0.387 e. The summed E-state index contributed by atoms with van der Waals surface area (Å²) in [5, 5.41) is 15.0. The molecule has 1 aromatic heterocycles. The zero-order chi connectivity index (χ0) is 21.6. The Balaban J connectivity index is 1.34. The summed E-state index contributed by atoms with van der Waals surface area (Å²) in [6, 6.07) is 3.05. The fourth-order valence-corrected chi connectivity index (χ4v) is 3.73. The van der Waals surface area contributed by atoms with Crippen LogP contribution in [0.3, 0.4) is 0 Å². The molecule has 0 aliphatic carbocycles. The molecular formula is C20H26F2N6O3. The molecule has 9 nitrogen and oxygen atoms in total. The van der Waals surface area contributed by atoms with Crippen molar-refractivity contribution >= 4 is 5.96 Å². The summed E-state index contributed by atoms with van der Waals surface area (Å²) >= 11 is 0. The Morgan fingerprint density at radius 3 is 2.84 bits per heavy atom. The van der Waals surface area contributed by atoms with Gasteiger partial charge in [0.25, 0.3) is 0 Å². The van der Waals surface area contributed by atoms with Crippen molar-refractivity contribution < 1.29 is 23.0 Å². The third-order valence-corrected chi connectivity index (χ3v) is 5.27. The first-order valence-electron chi connectivity index (χ1n) is 10.4. The van der Waals surface area contributed by atoms with Crippen LogP contribution in [-0.2, 0) is 25.9 Å². The van der Waals surface area contributed by atoms with Gasteiger partial charge in [0.15, 0.2) is 17.5 Å². The van der Waals surface area contributed by atoms with Crippen LogP contribution in [-0.4, -0.2) is 47.7 Å². The monoisotopic (exact) mass is 436 g/mol. The highest BCUT2D eigenvalue weighted by atomic mass is 19.3. The predicted octanol–water partition coefficient (Wildman–Crippen LogP) is 2.24. The SMILES string of the molecule is CN=C(NCCc1nnc2n1CCCCC2)NCc1cc2c(cc1OC(F)F)OCO2. The van der Waals surface area contributed by atoms with E-state index in [0.717, 1.165) is 37.5 Å². The Labute approximate surface area is 178 Å². The Morgan fingerprint density at radius 1 is 1.19 bits per heavy atom. The van der Waals surface area contributed by atoms with E-state index in [-0.39, 0.29) is 19.1 Å². The van der Waals surface area contributed by atoms with Gasteiger partial charge >= 0.3 is 6.61 Å². The van der Waals surface area contributed by atoms with Gasteiger partial charge in [0.05, 0.1) is 0 Å². The summed E-state index contributed by atoms with van der Waals surface area (Å²) in [4.78, 5) is 4.19. The van der Waals surface area contributed by atoms with Gasteiger partial charge in [0.1, 0.15) is 17.4 Å². The van der Waals surface area contributed by atoms with Gasteiger partial charge in [-0.25, -0.2) is 0 Å². The number of guanidine groups is 1. The summed E-state index contributed by atoms with van der Waals surface area (Å²) < 4.78 is 43.0. The molecule has 1 aromatic carbocycles. The normalized spacial score (nSPS) is 15.5. The number of alkyl halides is 2. The third-order valence-electron chi connectivity index (χ3n) is 5.27. The molecule has 0 radical (unpaired) electrons. The molecule has 168 valence electrons.